The number of carbonyl (C=O) groups is 2. The van der Waals surface area contributed by atoms with Crippen LogP contribution in [-0.4, -0.2) is 47.0 Å². The number of benzene rings is 3. The van der Waals surface area contributed by atoms with Crippen LogP contribution in [0, 0.1) is 0 Å². The van der Waals surface area contributed by atoms with Crippen molar-refractivity contribution in [1.82, 2.24) is 0 Å². The van der Waals surface area contributed by atoms with Gasteiger partial charge >= 0.3 is 11.9 Å². The Morgan fingerprint density at radius 2 is 1.46 bits per heavy atom. The molecule has 4 aromatic rings. The standard InChI is InChI=1S/C30H28O9/c1-34-20-9-5-19(6-10-20)24-16-39-30-22(29(24)33)13-14-25(35-2)28(30)23(15-26(31)36-3)18-7-11-21(12-8-18)38-17-27(32)37-4/h5-14,16,23H,15,17H2,1-4H3/t23-/m0/s1. The molecule has 0 aliphatic heterocycles. The van der Waals surface area contributed by atoms with Crippen LogP contribution in [0.1, 0.15) is 23.5 Å². The largest absolute Gasteiger partial charge is 0.497 e. The van der Waals surface area contributed by atoms with Crippen molar-refractivity contribution in [2.24, 2.45) is 0 Å². The van der Waals surface area contributed by atoms with E-state index in [9.17, 15) is 14.4 Å². The van der Waals surface area contributed by atoms with Crippen molar-refractivity contribution in [3.63, 3.8) is 0 Å². The van der Waals surface area contributed by atoms with Crippen LogP contribution in [0.3, 0.4) is 0 Å². The maximum absolute atomic E-state index is 13.6. The number of ether oxygens (including phenoxy) is 5. The van der Waals surface area contributed by atoms with Gasteiger partial charge in [0.15, 0.2) is 6.61 Å². The molecule has 0 N–H and O–H groups in total. The van der Waals surface area contributed by atoms with Crippen LogP contribution in [-0.2, 0) is 19.1 Å². The van der Waals surface area contributed by atoms with Crippen LogP contribution in [0.5, 0.6) is 17.2 Å². The molecule has 0 aliphatic carbocycles. The number of hydrogen-bond acceptors (Lipinski definition) is 9. The van der Waals surface area contributed by atoms with E-state index in [1.165, 1.54) is 27.6 Å². The first-order valence-corrected chi connectivity index (χ1v) is 12.0. The second-order valence-electron chi connectivity index (χ2n) is 8.53. The van der Waals surface area contributed by atoms with Gasteiger partial charge in [-0.15, -0.1) is 0 Å². The van der Waals surface area contributed by atoms with Gasteiger partial charge in [-0.05, 0) is 47.5 Å². The molecule has 0 spiro atoms. The zero-order valence-corrected chi connectivity index (χ0v) is 22.0. The Morgan fingerprint density at radius 1 is 0.795 bits per heavy atom. The highest BCUT2D eigenvalue weighted by Gasteiger charge is 2.27. The molecule has 1 aromatic heterocycles. The fourth-order valence-corrected chi connectivity index (χ4v) is 4.32. The Morgan fingerprint density at radius 3 is 2.08 bits per heavy atom. The first-order valence-electron chi connectivity index (χ1n) is 12.0. The lowest BCUT2D eigenvalue weighted by Gasteiger charge is -2.21. The van der Waals surface area contributed by atoms with Crippen molar-refractivity contribution in [2.75, 3.05) is 35.0 Å². The van der Waals surface area contributed by atoms with Crippen LogP contribution < -0.4 is 19.6 Å². The Kier molecular flexibility index (Phi) is 8.50. The molecule has 3 aromatic carbocycles. The zero-order valence-electron chi connectivity index (χ0n) is 22.0. The molecule has 0 saturated carbocycles. The fourth-order valence-electron chi connectivity index (χ4n) is 4.32. The van der Waals surface area contributed by atoms with Crippen molar-refractivity contribution >= 4 is 22.9 Å². The lowest BCUT2D eigenvalue weighted by atomic mass is 9.86. The average molecular weight is 533 g/mol. The van der Waals surface area contributed by atoms with Crippen LogP contribution in [0.15, 0.2) is 76.1 Å². The van der Waals surface area contributed by atoms with Gasteiger partial charge in [0.25, 0.3) is 0 Å². The molecule has 0 fully saturated rings. The van der Waals surface area contributed by atoms with Crippen LogP contribution in [0.25, 0.3) is 22.1 Å². The maximum Gasteiger partial charge on any atom is 0.343 e. The Balaban J connectivity index is 1.82. The highest BCUT2D eigenvalue weighted by molar-refractivity contribution is 5.87. The van der Waals surface area contributed by atoms with E-state index in [-0.39, 0.29) is 18.5 Å². The molecule has 9 heteroatoms. The van der Waals surface area contributed by atoms with Gasteiger partial charge in [-0.2, -0.15) is 0 Å². The number of methoxy groups -OCH3 is 4. The minimum absolute atomic E-state index is 0.0434. The molecule has 0 bridgehead atoms. The van der Waals surface area contributed by atoms with Gasteiger partial charge in [-0.1, -0.05) is 24.3 Å². The average Bonchev–Trinajstić information content (AvgIpc) is 2.98. The van der Waals surface area contributed by atoms with Gasteiger partial charge in [0, 0.05) is 11.5 Å². The minimum Gasteiger partial charge on any atom is -0.497 e. The summed E-state index contributed by atoms with van der Waals surface area (Å²) in [7, 11) is 5.67. The topological polar surface area (TPSA) is 110 Å². The molecule has 0 unspecified atom stereocenters. The third-order valence-electron chi connectivity index (χ3n) is 6.37. The number of rotatable bonds is 10. The summed E-state index contributed by atoms with van der Waals surface area (Å²) < 4.78 is 32.0. The van der Waals surface area contributed by atoms with Crippen molar-refractivity contribution < 1.29 is 37.7 Å². The van der Waals surface area contributed by atoms with Crippen LogP contribution >= 0.6 is 0 Å². The zero-order chi connectivity index (χ0) is 27.9. The predicted molar refractivity (Wildman–Crippen MR) is 143 cm³/mol. The lowest BCUT2D eigenvalue weighted by molar-refractivity contribution is -0.143. The van der Waals surface area contributed by atoms with E-state index in [0.717, 1.165) is 5.56 Å². The summed E-state index contributed by atoms with van der Waals surface area (Å²) in [5.74, 6) is 0.0165. The summed E-state index contributed by atoms with van der Waals surface area (Å²) in [5.41, 5.74) is 2.39. The predicted octanol–water partition coefficient (Wildman–Crippen LogP) is 4.72. The van der Waals surface area contributed by atoms with E-state index in [2.05, 4.69) is 4.74 Å². The van der Waals surface area contributed by atoms with E-state index >= 15 is 0 Å². The van der Waals surface area contributed by atoms with Gasteiger partial charge in [0.05, 0.1) is 45.8 Å². The quantitative estimate of drug-likeness (QED) is 0.268. The number of fused-ring (bicyclic) bond motifs is 1. The van der Waals surface area contributed by atoms with Gasteiger partial charge < -0.3 is 28.1 Å². The van der Waals surface area contributed by atoms with Gasteiger partial charge in [-0.3, -0.25) is 9.59 Å². The highest BCUT2D eigenvalue weighted by Crippen LogP contribution is 2.40. The Hall–Kier alpha value is -4.79. The van der Waals surface area contributed by atoms with E-state index in [1.54, 1.807) is 67.8 Å². The molecule has 4 rings (SSSR count). The fraction of sp³-hybridized carbons (Fsp3) is 0.233. The maximum atomic E-state index is 13.6. The lowest BCUT2D eigenvalue weighted by Crippen LogP contribution is -2.14. The number of esters is 2. The van der Waals surface area contributed by atoms with Gasteiger partial charge in [0.1, 0.15) is 29.1 Å². The molecule has 39 heavy (non-hydrogen) atoms. The molecule has 9 nitrogen and oxygen atoms in total. The van der Waals surface area contributed by atoms with E-state index in [0.29, 0.717) is 44.9 Å². The van der Waals surface area contributed by atoms with Crippen LogP contribution in [0.4, 0.5) is 0 Å². The molecule has 202 valence electrons. The minimum atomic E-state index is -0.583. The normalized spacial score (nSPS) is 11.5. The first kappa shape index (κ1) is 27.3. The monoisotopic (exact) mass is 532 g/mol. The summed E-state index contributed by atoms with van der Waals surface area (Å²) in [6.07, 6.45) is 1.37. The van der Waals surface area contributed by atoms with Gasteiger partial charge in [-0.25, -0.2) is 4.79 Å². The van der Waals surface area contributed by atoms with Crippen molar-refractivity contribution in [3.8, 4) is 28.4 Å². The van der Waals surface area contributed by atoms with E-state index in [1.807, 2.05) is 0 Å². The summed E-state index contributed by atoms with van der Waals surface area (Å²) in [6, 6.07) is 17.3. The van der Waals surface area contributed by atoms with Crippen LogP contribution in [0.2, 0.25) is 0 Å². The molecule has 1 heterocycles. The van der Waals surface area contributed by atoms with Crippen molar-refractivity contribution in [1.29, 1.82) is 0 Å². The summed E-state index contributed by atoms with van der Waals surface area (Å²) in [4.78, 5) is 37.5. The van der Waals surface area contributed by atoms with Crippen molar-refractivity contribution in [3.05, 3.63) is 88.3 Å². The first-order chi connectivity index (χ1) is 18.9. The summed E-state index contributed by atoms with van der Waals surface area (Å²) in [6.45, 7) is -0.236. The smallest absolute Gasteiger partial charge is 0.343 e. The van der Waals surface area contributed by atoms with Crippen molar-refractivity contribution in [2.45, 2.75) is 12.3 Å². The second kappa shape index (κ2) is 12.2. The molecular weight excluding hydrogens is 504 g/mol. The SMILES string of the molecule is COC(=O)COc1ccc([C@H](CC(=O)OC)c2c(OC)ccc3c(=O)c(-c4ccc(OC)cc4)coc23)cc1. The number of hydrogen-bond donors (Lipinski definition) is 0. The highest BCUT2D eigenvalue weighted by atomic mass is 16.6. The molecule has 1 atom stereocenters. The molecular formula is C30H28O9. The summed E-state index contributed by atoms with van der Waals surface area (Å²) in [5, 5.41) is 0.340. The van der Waals surface area contributed by atoms with E-state index in [4.69, 9.17) is 23.4 Å². The van der Waals surface area contributed by atoms with E-state index < -0.39 is 17.9 Å². The molecule has 0 amide bonds. The second-order valence-corrected chi connectivity index (χ2v) is 8.53. The Labute approximate surface area is 224 Å². The summed E-state index contributed by atoms with van der Waals surface area (Å²) >= 11 is 0. The molecule has 0 aliphatic rings. The Bertz CT molecular complexity index is 1520. The third-order valence-corrected chi connectivity index (χ3v) is 6.37. The number of carbonyl (C=O) groups excluding carboxylic acids is 2. The molecule has 0 radical (unpaired) electrons. The van der Waals surface area contributed by atoms with Gasteiger partial charge in [0.2, 0.25) is 5.43 Å². The third kappa shape index (κ3) is 5.87. The molecule has 0 saturated heterocycles.